The second kappa shape index (κ2) is 7.85. The number of fused-ring (bicyclic) bond motifs is 1. The van der Waals surface area contributed by atoms with Crippen LogP contribution in [0.1, 0.15) is 29.1 Å². The number of para-hydroxylation sites is 1. The van der Waals surface area contributed by atoms with Gasteiger partial charge in [-0.05, 0) is 31.0 Å². The highest BCUT2D eigenvalue weighted by atomic mass is 19.4. The molecule has 0 saturated carbocycles. The van der Waals surface area contributed by atoms with E-state index in [1.165, 1.54) is 7.11 Å². The molecule has 1 unspecified atom stereocenters. The number of furan rings is 1. The number of hydrogen-bond acceptors (Lipinski definition) is 6. The molecule has 30 heavy (non-hydrogen) atoms. The van der Waals surface area contributed by atoms with E-state index < -0.39 is 18.0 Å². The number of alkyl halides is 3. The number of ether oxygens (including phenoxy) is 2. The number of carbonyl (C=O) groups is 1. The number of carbonyl (C=O) groups excluding carboxylic acids is 1. The van der Waals surface area contributed by atoms with Gasteiger partial charge >= 0.3 is 12.2 Å². The minimum absolute atomic E-state index is 0.158. The lowest BCUT2D eigenvalue weighted by atomic mass is 10.1. The number of nitrogens with zero attached hydrogens (tertiary/aromatic N) is 3. The van der Waals surface area contributed by atoms with Gasteiger partial charge in [0.25, 0.3) is 5.91 Å². The molecule has 1 atom stereocenters. The molecular formula is C20H18F3N3O4. The Morgan fingerprint density at radius 3 is 2.90 bits per heavy atom. The fraction of sp³-hybridized carbons (Fsp3) is 0.350. The summed E-state index contributed by atoms with van der Waals surface area (Å²) in [6, 6.07) is 7.40. The number of amides is 1. The highest BCUT2D eigenvalue weighted by Gasteiger charge is 2.34. The first-order chi connectivity index (χ1) is 14.3. The predicted molar refractivity (Wildman–Crippen MR) is 99.4 cm³/mol. The number of rotatable bonds is 4. The molecule has 158 valence electrons. The minimum Gasteiger partial charge on any atom is -0.493 e. The first-order valence-electron chi connectivity index (χ1n) is 9.28. The molecule has 0 bridgehead atoms. The predicted octanol–water partition coefficient (Wildman–Crippen LogP) is 3.93. The average Bonchev–Trinajstić information content (AvgIpc) is 3.17. The van der Waals surface area contributed by atoms with Crippen LogP contribution in [0.25, 0.3) is 11.0 Å². The van der Waals surface area contributed by atoms with Crippen molar-refractivity contribution in [2.75, 3.05) is 20.2 Å². The Labute approximate surface area is 169 Å². The van der Waals surface area contributed by atoms with Crippen LogP contribution in [-0.2, 0) is 6.18 Å². The third-order valence-corrected chi connectivity index (χ3v) is 4.80. The molecule has 1 saturated heterocycles. The zero-order valence-electron chi connectivity index (χ0n) is 16.0. The molecule has 2 aromatic heterocycles. The number of hydrogen-bond donors (Lipinski definition) is 0. The molecule has 0 N–H and O–H groups in total. The van der Waals surface area contributed by atoms with Crippen molar-refractivity contribution >= 4 is 16.9 Å². The van der Waals surface area contributed by atoms with Crippen LogP contribution in [0.4, 0.5) is 13.2 Å². The van der Waals surface area contributed by atoms with Crippen molar-refractivity contribution in [1.29, 1.82) is 0 Å². The van der Waals surface area contributed by atoms with Gasteiger partial charge in [0.2, 0.25) is 0 Å². The Morgan fingerprint density at radius 1 is 1.30 bits per heavy atom. The summed E-state index contributed by atoms with van der Waals surface area (Å²) >= 11 is 0. The number of methoxy groups -OCH3 is 1. The maximum atomic E-state index is 12.9. The summed E-state index contributed by atoms with van der Waals surface area (Å²) in [6.07, 6.45) is -2.92. The highest BCUT2D eigenvalue weighted by molar-refractivity contribution is 5.97. The van der Waals surface area contributed by atoms with Gasteiger partial charge in [0.1, 0.15) is 6.10 Å². The Balaban J connectivity index is 1.48. The Kier molecular flexibility index (Phi) is 5.23. The Morgan fingerprint density at radius 2 is 2.13 bits per heavy atom. The van der Waals surface area contributed by atoms with Gasteiger partial charge in [-0.15, -0.1) is 0 Å². The quantitative estimate of drug-likeness (QED) is 0.635. The van der Waals surface area contributed by atoms with E-state index in [4.69, 9.17) is 13.9 Å². The second-order valence-corrected chi connectivity index (χ2v) is 6.84. The summed E-state index contributed by atoms with van der Waals surface area (Å²) in [6.45, 7) is 0.670. The fourth-order valence-electron chi connectivity index (χ4n) is 3.38. The molecular weight excluding hydrogens is 403 g/mol. The van der Waals surface area contributed by atoms with Crippen molar-refractivity contribution in [2.24, 2.45) is 0 Å². The van der Waals surface area contributed by atoms with Gasteiger partial charge in [0.15, 0.2) is 22.8 Å². The standard InChI is InChI=1S/C20H18F3N3O4/c1-28-14-6-2-4-12-10-15(30-17(12)14)18(27)26-9-3-5-13(11-26)29-19-24-8-7-16(25-19)20(21,22)23/h2,4,6-8,10,13H,3,5,9,11H2,1H3. The van der Waals surface area contributed by atoms with Crippen molar-refractivity contribution in [3.63, 3.8) is 0 Å². The zero-order valence-corrected chi connectivity index (χ0v) is 16.0. The van der Waals surface area contributed by atoms with E-state index in [-0.39, 0.29) is 24.2 Å². The number of likely N-dealkylation sites (tertiary alicyclic amines) is 1. The van der Waals surface area contributed by atoms with E-state index in [0.717, 1.165) is 17.6 Å². The topological polar surface area (TPSA) is 77.7 Å². The Bertz CT molecular complexity index is 1070. The minimum atomic E-state index is -4.59. The van der Waals surface area contributed by atoms with Gasteiger partial charge < -0.3 is 18.8 Å². The van der Waals surface area contributed by atoms with E-state index >= 15 is 0 Å². The summed E-state index contributed by atoms with van der Waals surface area (Å²) in [5, 5.41) is 0.736. The van der Waals surface area contributed by atoms with Crippen LogP contribution in [0.15, 0.2) is 40.9 Å². The van der Waals surface area contributed by atoms with E-state index in [2.05, 4.69) is 9.97 Å². The van der Waals surface area contributed by atoms with Crippen LogP contribution >= 0.6 is 0 Å². The maximum absolute atomic E-state index is 12.9. The van der Waals surface area contributed by atoms with Crippen LogP contribution in [0.5, 0.6) is 11.8 Å². The smallest absolute Gasteiger partial charge is 0.433 e. The lowest BCUT2D eigenvalue weighted by Gasteiger charge is -2.31. The highest BCUT2D eigenvalue weighted by Crippen LogP contribution is 2.30. The number of benzene rings is 1. The monoisotopic (exact) mass is 421 g/mol. The molecule has 1 fully saturated rings. The normalized spacial score (nSPS) is 17.2. The van der Waals surface area contributed by atoms with Crippen LogP contribution in [0.3, 0.4) is 0 Å². The summed E-state index contributed by atoms with van der Waals surface area (Å²) in [5.41, 5.74) is -0.599. The molecule has 0 radical (unpaired) electrons. The number of piperidine rings is 1. The van der Waals surface area contributed by atoms with Crippen LogP contribution in [-0.4, -0.2) is 47.1 Å². The number of aromatic nitrogens is 2. The van der Waals surface area contributed by atoms with Gasteiger partial charge in [-0.3, -0.25) is 4.79 Å². The van der Waals surface area contributed by atoms with E-state index in [0.29, 0.717) is 30.7 Å². The third-order valence-electron chi connectivity index (χ3n) is 4.80. The van der Waals surface area contributed by atoms with E-state index in [9.17, 15) is 18.0 Å². The molecule has 0 aliphatic carbocycles. The lowest BCUT2D eigenvalue weighted by Crippen LogP contribution is -2.44. The molecule has 1 aromatic carbocycles. The van der Waals surface area contributed by atoms with Crippen molar-refractivity contribution in [1.82, 2.24) is 14.9 Å². The van der Waals surface area contributed by atoms with Gasteiger partial charge in [-0.2, -0.15) is 18.2 Å². The van der Waals surface area contributed by atoms with Crippen LogP contribution in [0.2, 0.25) is 0 Å². The van der Waals surface area contributed by atoms with Gasteiger partial charge in [0, 0.05) is 18.1 Å². The van der Waals surface area contributed by atoms with Crippen molar-refractivity contribution in [3.05, 3.63) is 48.0 Å². The van der Waals surface area contributed by atoms with Crippen molar-refractivity contribution in [3.8, 4) is 11.8 Å². The molecule has 10 heteroatoms. The second-order valence-electron chi connectivity index (χ2n) is 6.84. The van der Waals surface area contributed by atoms with Gasteiger partial charge in [-0.25, -0.2) is 4.98 Å². The van der Waals surface area contributed by atoms with Gasteiger partial charge in [-0.1, -0.05) is 12.1 Å². The summed E-state index contributed by atoms with van der Waals surface area (Å²) in [4.78, 5) is 21.6. The summed E-state index contributed by atoms with van der Waals surface area (Å²) in [5.74, 6) is 0.352. The molecule has 0 spiro atoms. The molecule has 1 amide bonds. The summed E-state index contributed by atoms with van der Waals surface area (Å²) in [7, 11) is 1.52. The molecule has 3 heterocycles. The Hall–Kier alpha value is -3.30. The lowest BCUT2D eigenvalue weighted by molar-refractivity contribution is -0.141. The molecule has 1 aliphatic heterocycles. The van der Waals surface area contributed by atoms with Crippen LogP contribution in [0, 0.1) is 0 Å². The average molecular weight is 421 g/mol. The summed E-state index contributed by atoms with van der Waals surface area (Å²) < 4.78 is 55.0. The molecule has 4 rings (SSSR count). The first-order valence-corrected chi connectivity index (χ1v) is 9.28. The fourth-order valence-corrected chi connectivity index (χ4v) is 3.38. The van der Waals surface area contributed by atoms with Crippen LogP contribution < -0.4 is 9.47 Å². The maximum Gasteiger partial charge on any atom is 0.433 e. The van der Waals surface area contributed by atoms with E-state index in [1.807, 2.05) is 6.07 Å². The van der Waals surface area contributed by atoms with Crippen molar-refractivity contribution < 1.29 is 31.9 Å². The zero-order chi connectivity index (χ0) is 21.3. The third kappa shape index (κ3) is 4.03. The van der Waals surface area contributed by atoms with Crippen molar-refractivity contribution in [2.45, 2.75) is 25.1 Å². The molecule has 3 aromatic rings. The van der Waals surface area contributed by atoms with E-state index in [1.54, 1.807) is 23.1 Å². The van der Waals surface area contributed by atoms with Gasteiger partial charge in [0.05, 0.1) is 13.7 Å². The molecule has 7 nitrogen and oxygen atoms in total. The first kappa shape index (κ1) is 20.0. The SMILES string of the molecule is COc1cccc2cc(C(=O)N3CCCC(Oc4nccc(C(F)(F)F)n4)C3)oc12. The molecule has 1 aliphatic rings. The number of halogens is 3. The largest absolute Gasteiger partial charge is 0.493 e.